The number of nitrogens with zero attached hydrogens (tertiary/aromatic N) is 3. The van der Waals surface area contributed by atoms with Crippen molar-refractivity contribution in [3.05, 3.63) is 95.3 Å². The molecule has 1 N–H and O–H groups in total. The quantitative estimate of drug-likeness (QED) is 0.224. The minimum Gasteiger partial charge on any atom is -0.503 e. The molecule has 1 unspecified atom stereocenters. The van der Waals surface area contributed by atoms with Crippen LogP contribution in [0.2, 0.25) is 0 Å². The van der Waals surface area contributed by atoms with E-state index in [2.05, 4.69) is 10.2 Å². The molecule has 0 fully saturated rings. The number of carbonyl (C=O) groups is 2. The van der Waals surface area contributed by atoms with Gasteiger partial charge in [-0.3, -0.25) is 14.5 Å². The molecule has 1 amide bonds. The molecule has 0 radical (unpaired) electrons. The highest BCUT2D eigenvalue weighted by Gasteiger charge is 2.48. The summed E-state index contributed by atoms with van der Waals surface area (Å²) in [5.74, 6) is -1.66. The van der Waals surface area contributed by atoms with E-state index in [-0.39, 0.29) is 28.0 Å². The molecular formula is C22H14FN3O5S2. The molecule has 0 aliphatic carbocycles. The molecule has 0 saturated heterocycles. The van der Waals surface area contributed by atoms with Crippen molar-refractivity contribution in [1.82, 2.24) is 10.2 Å². The lowest BCUT2D eigenvalue weighted by Crippen LogP contribution is -2.30. The number of hydrogen-bond acceptors (Lipinski definition) is 9. The third-order valence-electron chi connectivity index (χ3n) is 4.89. The minimum absolute atomic E-state index is 0.0180. The molecule has 4 heterocycles. The molecule has 1 aliphatic heterocycles. The van der Waals surface area contributed by atoms with Crippen LogP contribution in [0.5, 0.6) is 0 Å². The van der Waals surface area contributed by atoms with E-state index in [4.69, 9.17) is 8.83 Å². The Labute approximate surface area is 194 Å². The zero-order valence-corrected chi connectivity index (χ0v) is 18.3. The number of rotatable bonds is 7. The molecule has 8 nitrogen and oxygen atoms in total. The van der Waals surface area contributed by atoms with Crippen LogP contribution in [0.25, 0.3) is 0 Å². The van der Waals surface area contributed by atoms with E-state index >= 15 is 0 Å². The summed E-state index contributed by atoms with van der Waals surface area (Å²) < 4.78 is 24.3. The number of hydrogen-bond donors (Lipinski definition) is 1. The van der Waals surface area contributed by atoms with Crippen molar-refractivity contribution in [2.45, 2.75) is 16.1 Å². The average molecular weight is 484 g/mol. The number of halogens is 1. The van der Waals surface area contributed by atoms with Crippen molar-refractivity contribution in [3.8, 4) is 0 Å². The van der Waals surface area contributed by atoms with E-state index in [0.717, 1.165) is 16.9 Å². The van der Waals surface area contributed by atoms with Crippen LogP contribution in [-0.2, 0) is 10.5 Å². The van der Waals surface area contributed by atoms with Crippen LogP contribution in [0.4, 0.5) is 9.52 Å². The molecule has 166 valence electrons. The van der Waals surface area contributed by atoms with Crippen LogP contribution >= 0.6 is 23.1 Å². The first-order valence-electron chi connectivity index (χ1n) is 9.62. The maximum absolute atomic E-state index is 13.1. The van der Waals surface area contributed by atoms with Crippen molar-refractivity contribution in [2.75, 3.05) is 4.90 Å². The Morgan fingerprint density at radius 3 is 2.58 bits per heavy atom. The molecule has 11 heteroatoms. The van der Waals surface area contributed by atoms with E-state index < -0.39 is 23.5 Å². The van der Waals surface area contributed by atoms with Crippen LogP contribution < -0.4 is 4.90 Å². The predicted octanol–water partition coefficient (Wildman–Crippen LogP) is 4.94. The highest BCUT2D eigenvalue weighted by Crippen LogP contribution is 2.44. The van der Waals surface area contributed by atoms with Gasteiger partial charge in [0.05, 0.1) is 18.1 Å². The third-order valence-corrected chi connectivity index (χ3v) is 7.01. The van der Waals surface area contributed by atoms with E-state index in [1.54, 1.807) is 24.3 Å². The molecule has 1 aliphatic rings. The monoisotopic (exact) mass is 483 g/mol. The summed E-state index contributed by atoms with van der Waals surface area (Å²) in [6.07, 6.45) is 2.74. The summed E-state index contributed by atoms with van der Waals surface area (Å²) in [6.45, 7) is 0. The zero-order chi connectivity index (χ0) is 22.9. The summed E-state index contributed by atoms with van der Waals surface area (Å²) in [5.41, 5.74) is 0.732. The van der Waals surface area contributed by atoms with Crippen LogP contribution in [0.15, 0.2) is 85.6 Å². The highest BCUT2D eigenvalue weighted by molar-refractivity contribution is 8.00. The molecular weight excluding hydrogens is 469 g/mol. The van der Waals surface area contributed by atoms with Crippen LogP contribution in [-0.4, -0.2) is 27.0 Å². The maximum atomic E-state index is 13.1. The van der Waals surface area contributed by atoms with Crippen LogP contribution in [0.1, 0.15) is 27.9 Å². The number of aliphatic hydroxyl groups is 1. The number of ketones is 1. The standard InChI is InChI=1S/C22H14FN3O5S2/c23-13-7-5-12(6-8-13)11-32-22-25-24-21(33-22)26-17(14-3-1-9-30-14)16(19(28)20(26)29)18(27)15-4-2-10-31-15/h1-10,17,28H,11H2. The molecule has 0 spiro atoms. The molecule has 1 atom stereocenters. The second-order valence-electron chi connectivity index (χ2n) is 6.93. The zero-order valence-electron chi connectivity index (χ0n) is 16.7. The number of anilines is 1. The third kappa shape index (κ3) is 3.96. The van der Waals surface area contributed by atoms with Crippen molar-refractivity contribution in [3.63, 3.8) is 0 Å². The van der Waals surface area contributed by atoms with E-state index in [9.17, 15) is 19.1 Å². The van der Waals surface area contributed by atoms with Crippen LogP contribution in [0.3, 0.4) is 0 Å². The average Bonchev–Trinajstić information content (AvgIpc) is 3.62. The van der Waals surface area contributed by atoms with Gasteiger partial charge in [-0.2, -0.15) is 0 Å². The lowest BCUT2D eigenvalue weighted by atomic mass is 10.00. The maximum Gasteiger partial charge on any atom is 0.296 e. The van der Waals surface area contributed by atoms with Gasteiger partial charge in [0.2, 0.25) is 10.9 Å². The fourth-order valence-electron chi connectivity index (χ4n) is 3.37. The summed E-state index contributed by atoms with van der Waals surface area (Å²) >= 11 is 2.50. The predicted molar refractivity (Wildman–Crippen MR) is 117 cm³/mol. The number of furan rings is 2. The normalized spacial score (nSPS) is 16.1. The number of amides is 1. The number of aliphatic hydroxyl groups excluding tert-OH is 1. The van der Waals surface area contributed by atoms with Crippen molar-refractivity contribution < 1.29 is 27.9 Å². The number of thioether (sulfide) groups is 1. The summed E-state index contributed by atoms with van der Waals surface area (Å²) in [7, 11) is 0. The second-order valence-corrected chi connectivity index (χ2v) is 9.11. The number of carbonyl (C=O) groups excluding carboxylic acids is 2. The lowest BCUT2D eigenvalue weighted by molar-refractivity contribution is -0.117. The summed E-state index contributed by atoms with van der Waals surface area (Å²) in [4.78, 5) is 27.2. The number of benzene rings is 1. The van der Waals surface area contributed by atoms with Gasteiger partial charge < -0.3 is 13.9 Å². The Hall–Kier alpha value is -3.70. The number of Topliss-reactive ketones (excluding diaryl/α,β-unsaturated/α-hetero) is 1. The Balaban J connectivity index is 1.44. The Morgan fingerprint density at radius 2 is 1.88 bits per heavy atom. The van der Waals surface area contributed by atoms with E-state index in [0.29, 0.717) is 10.1 Å². The summed E-state index contributed by atoms with van der Waals surface area (Å²) in [6, 6.07) is 11.3. The second kappa shape index (κ2) is 8.68. The Kier molecular flexibility index (Phi) is 5.56. The molecule has 3 aromatic heterocycles. The number of aromatic nitrogens is 2. The fraction of sp³-hybridized carbons (Fsp3) is 0.0909. The Bertz CT molecular complexity index is 1330. The van der Waals surface area contributed by atoms with Crippen LogP contribution in [0, 0.1) is 5.82 Å². The fourth-order valence-corrected chi connectivity index (χ4v) is 5.20. The Morgan fingerprint density at radius 1 is 1.12 bits per heavy atom. The lowest BCUT2D eigenvalue weighted by Gasteiger charge is -2.21. The van der Waals surface area contributed by atoms with Gasteiger partial charge >= 0.3 is 0 Å². The first-order chi connectivity index (χ1) is 16.0. The summed E-state index contributed by atoms with van der Waals surface area (Å²) in [5, 5.41) is 19.0. The van der Waals surface area contributed by atoms with Crippen molar-refractivity contribution >= 4 is 39.9 Å². The van der Waals surface area contributed by atoms with Gasteiger partial charge in [0, 0.05) is 5.75 Å². The molecule has 4 aromatic rings. The van der Waals surface area contributed by atoms with Crippen molar-refractivity contribution in [2.24, 2.45) is 0 Å². The van der Waals surface area contributed by atoms with Gasteiger partial charge in [0.15, 0.2) is 15.9 Å². The molecule has 0 bridgehead atoms. The first-order valence-corrected chi connectivity index (χ1v) is 11.4. The SMILES string of the molecule is O=C(C1=C(O)C(=O)N(c2nnc(SCc3ccc(F)cc3)s2)C1c1ccco1)c1ccco1. The smallest absolute Gasteiger partial charge is 0.296 e. The molecule has 33 heavy (non-hydrogen) atoms. The topological polar surface area (TPSA) is 110 Å². The molecule has 0 saturated carbocycles. The minimum atomic E-state index is -1.03. The molecule has 1 aromatic carbocycles. The largest absolute Gasteiger partial charge is 0.503 e. The van der Waals surface area contributed by atoms with E-state index in [1.165, 1.54) is 53.5 Å². The van der Waals surface area contributed by atoms with Gasteiger partial charge in [-0.15, -0.1) is 10.2 Å². The van der Waals surface area contributed by atoms with Gasteiger partial charge in [0.25, 0.3) is 5.91 Å². The van der Waals surface area contributed by atoms with Gasteiger partial charge in [-0.25, -0.2) is 4.39 Å². The van der Waals surface area contributed by atoms with Gasteiger partial charge in [0.1, 0.15) is 17.6 Å². The first kappa shape index (κ1) is 21.2. The van der Waals surface area contributed by atoms with Gasteiger partial charge in [-0.1, -0.05) is 35.2 Å². The van der Waals surface area contributed by atoms with E-state index in [1.807, 2.05) is 0 Å². The van der Waals surface area contributed by atoms with Gasteiger partial charge in [-0.05, 0) is 42.0 Å². The highest BCUT2D eigenvalue weighted by atomic mass is 32.2. The molecule has 5 rings (SSSR count). The van der Waals surface area contributed by atoms with Crippen molar-refractivity contribution in [1.29, 1.82) is 0 Å².